The summed E-state index contributed by atoms with van der Waals surface area (Å²) in [6.45, 7) is 0. The first-order valence-corrected chi connectivity index (χ1v) is 5.23. The molecule has 0 saturated carbocycles. The number of methoxy groups -OCH3 is 1. The van der Waals surface area contributed by atoms with E-state index in [0.717, 1.165) is 5.69 Å². The zero-order valence-corrected chi connectivity index (χ0v) is 9.75. The molecule has 1 aromatic carbocycles. The highest BCUT2D eigenvalue weighted by Gasteiger charge is 2.12. The number of nitrogens with zero attached hydrogens (tertiary/aromatic N) is 2. The van der Waals surface area contributed by atoms with Gasteiger partial charge in [0.1, 0.15) is 11.4 Å². The molecule has 2 aromatic rings. The molecule has 0 aliphatic rings. The number of carbonyl (C=O) groups is 1. The number of nitrogens with one attached hydrogen (secondary N) is 1. The molecule has 0 unspecified atom stereocenters. The van der Waals surface area contributed by atoms with Crippen LogP contribution in [0.5, 0.6) is 0 Å². The van der Waals surface area contributed by atoms with Crippen LogP contribution in [0.3, 0.4) is 0 Å². The van der Waals surface area contributed by atoms with Crippen molar-refractivity contribution in [2.45, 2.75) is 0 Å². The van der Waals surface area contributed by atoms with E-state index in [2.05, 4.69) is 20.0 Å². The van der Waals surface area contributed by atoms with E-state index in [1.165, 1.54) is 13.3 Å². The van der Waals surface area contributed by atoms with Gasteiger partial charge in [0.15, 0.2) is 0 Å². The summed E-state index contributed by atoms with van der Waals surface area (Å²) >= 11 is 0. The summed E-state index contributed by atoms with van der Waals surface area (Å²) in [6.07, 6.45) is 1.33. The maximum atomic E-state index is 11.3. The van der Waals surface area contributed by atoms with Gasteiger partial charge < -0.3 is 15.8 Å². The highest BCUT2D eigenvalue weighted by molar-refractivity contribution is 5.93. The van der Waals surface area contributed by atoms with Gasteiger partial charge in [-0.2, -0.15) is 4.98 Å². The van der Waals surface area contributed by atoms with E-state index in [9.17, 15) is 4.79 Å². The predicted octanol–water partition coefficient (Wildman–Crippen LogP) is 1.59. The molecule has 0 bridgehead atoms. The minimum absolute atomic E-state index is 0.0790. The Balaban J connectivity index is 2.22. The largest absolute Gasteiger partial charge is 0.465 e. The molecule has 0 aliphatic heterocycles. The lowest BCUT2D eigenvalue weighted by atomic mass is 10.3. The number of esters is 1. The lowest BCUT2D eigenvalue weighted by Crippen LogP contribution is -2.09. The molecule has 3 N–H and O–H groups in total. The summed E-state index contributed by atoms with van der Waals surface area (Å²) in [5.74, 6) is -0.152. The SMILES string of the molecule is COC(=O)c1cnc(Nc2ccccc2)nc1N. The Bertz CT molecular complexity index is 557. The Morgan fingerprint density at radius 2 is 2.06 bits per heavy atom. The zero-order valence-electron chi connectivity index (χ0n) is 9.75. The lowest BCUT2D eigenvalue weighted by Gasteiger charge is -2.07. The topological polar surface area (TPSA) is 90.1 Å². The number of ether oxygens (including phenoxy) is 1. The third-order valence-electron chi connectivity index (χ3n) is 2.25. The van der Waals surface area contributed by atoms with E-state index in [0.29, 0.717) is 5.95 Å². The number of rotatable bonds is 3. The fourth-order valence-electron chi connectivity index (χ4n) is 1.37. The normalized spacial score (nSPS) is 9.83. The Morgan fingerprint density at radius 1 is 1.33 bits per heavy atom. The van der Waals surface area contributed by atoms with Crippen molar-refractivity contribution in [3.8, 4) is 0 Å². The Morgan fingerprint density at radius 3 is 2.67 bits per heavy atom. The van der Waals surface area contributed by atoms with Gasteiger partial charge in [0.25, 0.3) is 0 Å². The fourth-order valence-corrected chi connectivity index (χ4v) is 1.37. The summed E-state index contributed by atoms with van der Waals surface area (Å²) in [4.78, 5) is 19.3. The van der Waals surface area contributed by atoms with Gasteiger partial charge >= 0.3 is 5.97 Å². The van der Waals surface area contributed by atoms with Crippen LogP contribution in [-0.4, -0.2) is 23.0 Å². The first-order valence-electron chi connectivity index (χ1n) is 5.23. The molecule has 2 rings (SSSR count). The van der Waals surface area contributed by atoms with E-state index in [1.807, 2.05) is 30.3 Å². The third-order valence-corrected chi connectivity index (χ3v) is 2.25. The minimum Gasteiger partial charge on any atom is -0.465 e. The molecule has 6 nitrogen and oxygen atoms in total. The average Bonchev–Trinajstić information content (AvgIpc) is 2.39. The number of nitrogens with two attached hydrogens (primary N) is 1. The molecular formula is C12H12N4O2. The molecular weight excluding hydrogens is 232 g/mol. The van der Waals surface area contributed by atoms with Crippen LogP contribution in [0.1, 0.15) is 10.4 Å². The van der Waals surface area contributed by atoms with Crippen LogP contribution < -0.4 is 11.1 Å². The van der Waals surface area contributed by atoms with E-state index in [4.69, 9.17) is 5.73 Å². The molecule has 0 spiro atoms. The Labute approximate surface area is 104 Å². The van der Waals surface area contributed by atoms with E-state index >= 15 is 0 Å². The number of aromatic nitrogens is 2. The quantitative estimate of drug-likeness (QED) is 0.797. The van der Waals surface area contributed by atoms with E-state index in [-0.39, 0.29) is 11.4 Å². The maximum absolute atomic E-state index is 11.3. The first-order chi connectivity index (χ1) is 8.70. The molecule has 1 heterocycles. The minimum atomic E-state index is -0.557. The second-order valence-corrected chi connectivity index (χ2v) is 3.48. The van der Waals surface area contributed by atoms with Gasteiger partial charge in [0.05, 0.1) is 7.11 Å². The number of benzene rings is 1. The number of anilines is 3. The maximum Gasteiger partial charge on any atom is 0.343 e. The molecule has 1 aromatic heterocycles. The average molecular weight is 244 g/mol. The number of para-hydroxylation sites is 1. The van der Waals surface area contributed by atoms with Gasteiger partial charge in [-0.15, -0.1) is 0 Å². The van der Waals surface area contributed by atoms with Gasteiger partial charge in [-0.3, -0.25) is 0 Å². The Hall–Kier alpha value is -2.63. The van der Waals surface area contributed by atoms with Crippen molar-refractivity contribution in [1.82, 2.24) is 9.97 Å². The second kappa shape index (κ2) is 5.13. The van der Waals surface area contributed by atoms with Crippen LogP contribution in [0.4, 0.5) is 17.5 Å². The van der Waals surface area contributed by atoms with Gasteiger partial charge in [-0.25, -0.2) is 9.78 Å². The summed E-state index contributed by atoms with van der Waals surface area (Å²) in [6, 6.07) is 9.41. The molecule has 0 aliphatic carbocycles. The molecule has 0 radical (unpaired) electrons. The van der Waals surface area contributed by atoms with Crippen LogP contribution >= 0.6 is 0 Å². The highest BCUT2D eigenvalue weighted by atomic mass is 16.5. The van der Waals surface area contributed by atoms with Crippen molar-refractivity contribution in [2.24, 2.45) is 0 Å². The number of hydrogen-bond donors (Lipinski definition) is 2. The van der Waals surface area contributed by atoms with Gasteiger partial charge in [-0.05, 0) is 12.1 Å². The summed E-state index contributed by atoms with van der Waals surface area (Å²) in [5.41, 5.74) is 6.64. The van der Waals surface area contributed by atoms with Gasteiger partial charge in [-0.1, -0.05) is 18.2 Å². The highest BCUT2D eigenvalue weighted by Crippen LogP contribution is 2.15. The van der Waals surface area contributed by atoms with Gasteiger partial charge in [0.2, 0.25) is 5.95 Å². The molecule has 0 saturated heterocycles. The van der Waals surface area contributed by atoms with Crippen molar-refractivity contribution < 1.29 is 9.53 Å². The fraction of sp³-hybridized carbons (Fsp3) is 0.0833. The van der Waals surface area contributed by atoms with Crippen LogP contribution in [0, 0.1) is 0 Å². The number of hydrogen-bond acceptors (Lipinski definition) is 6. The zero-order chi connectivity index (χ0) is 13.0. The molecule has 0 atom stereocenters. The molecule has 18 heavy (non-hydrogen) atoms. The Kier molecular flexibility index (Phi) is 3.38. The van der Waals surface area contributed by atoms with Crippen molar-refractivity contribution in [3.05, 3.63) is 42.1 Å². The molecule has 0 amide bonds. The third kappa shape index (κ3) is 2.54. The van der Waals surface area contributed by atoms with Crippen LogP contribution in [0.2, 0.25) is 0 Å². The summed E-state index contributed by atoms with van der Waals surface area (Å²) in [5, 5.41) is 2.97. The first kappa shape index (κ1) is 11.8. The van der Waals surface area contributed by atoms with Gasteiger partial charge in [0, 0.05) is 11.9 Å². The van der Waals surface area contributed by atoms with Crippen LogP contribution in [0.15, 0.2) is 36.5 Å². The van der Waals surface area contributed by atoms with Crippen LogP contribution in [-0.2, 0) is 4.74 Å². The molecule has 92 valence electrons. The van der Waals surface area contributed by atoms with Crippen molar-refractivity contribution in [1.29, 1.82) is 0 Å². The summed E-state index contributed by atoms with van der Waals surface area (Å²) < 4.78 is 4.56. The number of carbonyl (C=O) groups excluding carboxylic acids is 1. The molecule has 0 fully saturated rings. The predicted molar refractivity (Wildman–Crippen MR) is 67.5 cm³/mol. The van der Waals surface area contributed by atoms with E-state index < -0.39 is 5.97 Å². The van der Waals surface area contributed by atoms with Crippen molar-refractivity contribution >= 4 is 23.4 Å². The van der Waals surface area contributed by atoms with Crippen molar-refractivity contribution in [2.75, 3.05) is 18.2 Å². The van der Waals surface area contributed by atoms with Crippen LogP contribution in [0.25, 0.3) is 0 Å². The smallest absolute Gasteiger partial charge is 0.343 e. The van der Waals surface area contributed by atoms with Crippen molar-refractivity contribution in [3.63, 3.8) is 0 Å². The standard InChI is InChI=1S/C12H12N4O2/c1-18-11(17)9-7-14-12(16-10(9)13)15-8-5-3-2-4-6-8/h2-7H,1H3,(H3,13,14,15,16). The monoisotopic (exact) mass is 244 g/mol. The second-order valence-electron chi connectivity index (χ2n) is 3.48. The summed E-state index contributed by atoms with van der Waals surface area (Å²) in [7, 11) is 1.28. The van der Waals surface area contributed by atoms with E-state index in [1.54, 1.807) is 0 Å². The number of nitrogen functional groups attached to an aromatic ring is 1. The lowest BCUT2D eigenvalue weighted by molar-refractivity contribution is 0.0601. The molecule has 6 heteroatoms.